The molecule has 0 aromatic heterocycles. The summed E-state index contributed by atoms with van der Waals surface area (Å²) >= 11 is 1.88. The standard InChI is InChI=1S/C13H21NO3S/c1-8-5-10(11(6-8)13(16)17)12(15)14-3-4-18-9(2)7-14/h8-11H,3-7H2,1-2H3,(H,16,17). The number of carboxylic acids is 1. The van der Waals surface area contributed by atoms with E-state index in [0.29, 0.717) is 17.6 Å². The fourth-order valence-electron chi connectivity index (χ4n) is 3.09. The van der Waals surface area contributed by atoms with Gasteiger partial charge in [0, 0.05) is 24.1 Å². The van der Waals surface area contributed by atoms with Crippen LogP contribution >= 0.6 is 11.8 Å². The third kappa shape index (κ3) is 2.82. The summed E-state index contributed by atoms with van der Waals surface area (Å²) in [5, 5.41) is 9.69. The molecule has 1 heterocycles. The van der Waals surface area contributed by atoms with E-state index in [1.807, 2.05) is 23.6 Å². The van der Waals surface area contributed by atoms with Crippen molar-refractivity contribution in [3.8, 4) is 0 Å². The smallest absolute Gasteiger partial charge is 0.307 e. The van der Waals surface area contributed by atoms with Crippen molar-refractivity contribution in [2.45, 2.75) is 31.9 Å². The van der Waals surface area contributed by atoms with Crippen molar-refractivity contribution in [3.05, 3.63) is 0 Å². The summed E-state index contributed by atoms with van der Waals surface area (Å²) < 4.78 is 0. The predicted molar refractivity (Wildman–Crippen MR) is 71.5 cm³/mol. The van der Waals surface area contributed by atoms with Gasteiger partial charge in [0.05, 0.1) is 11.8 Å². The van der Waals surface area contributed by atoms with Crippen LogP contribution in [0.2, 0.25) is 0 Å². The molecule has 4 atom stereocenters. The van der Waals surface area contributed by atoms with Crippen molar-refractivity contribution in [2.75, 3.05) is 18.8 Å². The highest BCUT2D eigenvalue weighted by Crippen LogP contribution is 2.38. The Morgan fingerprint density at radius 1 is 1.22 bits per heavy atom. The van der Waals surface area contributed by atoms with Gasteiger partial charge >= 0.3 is 5.97 Å². The van der Waals surface area contributed by atoms with E-state index in [2.05, 4.69) is 6.92 Å². The molecule has 0 aromatic rings. The quantitative estimate of drug-likeness (QED) is 0.830. The van der Waals surface area contributed by atoms with Crippen LogP contribution in [0.5, 0.6) is 0 Å². The van der Waals surface area contributed by atoms with Crippen molar-refractivity contribution < 1.29 is 14.7 Å². The lowest BCUT2D eigenvalue weighted by molar-refractivity contribution is -0.149. The SMILES string of the molecule is CC1CC(C(=O)O)C(C(=O)N2CCSC(C)C2)C1. The van der Waals surface area contributed by atoms with Gasteiger partial charge in [0.25, 0.3) is 0 Å². The van der Waals surface area contributed by atoms with Crippen LogP contribution in [0.15, 0.2) is 0 Å². The summed E-state index contributed by atoms with van der Waals surface area (Å²) in [5.74, 6) is -0.203. The molecule has 1 aliphatic heterocycles. The number of carbonyl (C=O) groups is 2. The molecule has 2 rings (SSSR count). The Kier molecular flexibility index (Phi) is 4.20. The first-order valence-electron chi connectivity index (χ1n) is 6.62. The van der Waals surface area contributed by atoms with Gasteiger partial charge in [0.2, 0.25) is 5.91 Å². The monoisotopic (exact) mass is 271 g/mol. The van der Waals surface area contributed by atoms with Gasteiger partial charge in [-0.25, -0.2) is 0 Å². The van der Waals surface area contributed by atoms with E-state index >= 15 is 0 Å². The van der Waals surface area contributed by atoms with Gasteiger partial charge in [-0.2, -0.15) is 11.8 Å². The van der Waals surface area contributed by atoms with E-state index in [-0.39, 0.29) is 11.8 Å². The summed E-state index contributed by atoms with van der Waals surface area (Å²) in [6.45, 7) is 5.69. The second kappa shape index (κ2) is 5.51. The van der Waals surface area contributed by atoms with Gasteiger partial charge < -0.3 is 10.0 Å². The van der Waals surface area contributed by atoms with E-state index < -0.39 is 11.9 Å². The topological polar surface area (TPSA) is 57.6 Å². The average Bonchev–Trinajstić information content (AvgIpc) is 2.70. The van der Waals surface area contributed by atoms with Crippen molar-refractivity contribution in [1.29, 1.82) is 0 Å². The van der Waals surface area contributed by atoms with Gasteiger partial charge in [-0.15, -0.1) is 0 Å². The fraction of sp³-hybridized carbons (Fsp3) is 0.846. The van der Waals surface area contributed by atoms with Gasteiger partial charge in [-0.3, -0.25) is 9.59 Å². The number of rotatable bonds is 2. The number of hydrogen-bond acceptors (Lipinski definition) is 3. The molecule has 0 bridgehead atoms. The number of carbonyl (C=O) groups excluding carboxylic acids is 1. The Morgan fingerprint density at radius 3 is 2.50 bits per heavy atom. The molecule has 0 radical (unpaired) electrons. The molecule has 1 saturated carbocycles. The number of amides is 1. The Labute approximate surface area is 112 Å². The summed E-state index contributed by atoms with van der Waals surface area (Å²) in [6, 6.07) is 0. The Balaban J connectivity index is 2.05. The van der Waals surface area contributed by atoms with Gasteiger partial charge in [-0.1, -0.05) is 13.8 Å². The number of carboxylic acid groups (broad SMARTS) is 1. The molecule has 102 valence electrons. The van der Waals surface area contributed by atoms with Gasteiger partial charge in [0.15, 0.2) is 0 Å². The van der Waals surface area contributed by atoms with Crippen molar-refractivity contribution in [2.24, 2.45) is 17.8 Å². The largest absolute Gasteiger partial charge is 0.481 e. The lowest BCUT2D eigenvalue weighted by Gasteiger charge is -2.33. The molecular weight excluding hydrogens is 250 g/mol. The summed E-state index contributed by atoms with van der Waals surface area (Å²) in [4.78, 5) is 25.6. The van der Waals surface area contributed by atoms with Crippen molar-refractivity contribution >= 4 is 23.6 Å². The normalized spacial score (nSPS) is 36.7. The Bertz CT molecular complexity index is 347. The number of thioether (sulfide) groups is 1. The molecule has 2 aliphatic rings. The highest BCUT2D eigenvalue weighted by molar-refractivity contribution is 7.99. The molecule has 0 aromatic carbocycles. The lowest BCUT2D eigenvalue weighted by atomic mass is 9.94. The first kappa shape index (κ1) is 13.7. The maximum absolute atomic E-state index is 12.5. The summed E-state index contributed by atoms with van der Waals surface area (Å²) in [5.41, 5.74) is 0. The minimum Gasteiger partial charge on any atom is -0.481 e. The Morgan fingerprint density at radius 2 is 1.89 bits per heavy atom. The van der Waals surface area contributed by atoms with Gasteiger partial charge in [0.1, 0.15) is 0 Å². The molecule has 1 amide bonds. The molecule has 2 fully saturated rings. The molecule has 4 unspecified atom stereocenters. The van der Waals surface area contributed by atoms with Crippen LogP contribution in [-0.2, 0) is 9.59 Å². The molecule has 1 aliphatic carbocycles. The maximum Gasteiger partial charge on any atom is 0.307 e. The molecule has 5 heteroatoms. The molecule has 4 nitrogen and oxygen atoms in total. The molecule has 0 spiro atoms. The van der Waals surface area contributed by atoms with Crippen LogP contribution in [0.1, 0.15) is 26.7 Å². The third-order valence-electron chi connectivity index (χ3n) is 3.99. The lowest BCUT2D eigenvalue weighted by Crippen LogP contribution is -2.45. The van der Waals surface area contributed by atoms with Crippen LogP contribution in [0, 0.1) is 17.8 Å². The van der Waals surface area contributed by atoms with E-state index in [4.69, 9.17) is 0 Å². The second-order valence-corrected chi connectivity index (χ2v) is 7.14. The molecular formula is C13H21NO3S. The second-order valence-electron chi connectivity index (χ2n) is 5.59. The predicted octanol–water partition coefficient (Wildman–Crippen LogP) is 1.70. The maximum atomic E-state index is 12.5. The highest BCUT2D eigenvalue weighted by Gasteiger charge is 2.43. The van der Waals surface area contributed by atoms with E-state index in [9.17, 15) is 14.7 Å². The van der Waals surface area contributed by atoms with E-state index in [0.717, 1.165) is 25.3 Å². The summed E-state index contributed by atoms with van der Waals surface area (Å²) in [7, 11) is 0. The summed E-state index contributed by atoms with van der Waals surface area (Å²) in [6.07, 6.45) is 1.37. The van der Waals surface area contributed by atoms with Crippen molar-refractivity contribution in [1.82, 2.24) is 4.90 Å². The number of nitrogens with zero attached hydrogens (tertiary/aromatic N) is 1. The van der Waals surface area contributed by atoms with Crippen LogP contribution in [-0.4, -0.2) is 46.0 Å². The highest BCUT2D eigenvalue weighted by atomic mass is 32.2. The first-order valence-corrected chi connectivity index (χ1v) is 7.67. The van der Waals surface area contributed by atoms with Crippen LogP contribution in [0.25, 0.3) is 0 Å². The molecule has 1 saturated heterocycles. The molecule has 18 heavy (non-hydrogen) atoms. The average molecular weight is 271 g/mol. The zero-order chi connectivity index (χ0) is 13.3. The number of hydrogen-bond donors (Lipinski definition) is 1. The van der Waals surface area contributed by atoms with Gasteiger partial charge in [-0.05, 0) is 18.8 Å². The number of aliphatic carboxylic acids is 1. The first-order chi connectivity index (χ1) is 8.49. The van der Waals surface area contributed by atoms with E-state index in [1.165, 1.54) is 0 Å². The minimum absolute atomic E-state index is 0.0684. The van der Waals surface area contributed by atoms with Crippen LogP contribution in [0.3, 0.4) is 0 Å². The zero-order valence-electron chi connectivity index (χ0n) is 11.0. The van der Waals surface area contributed by atoms with Crippen LogP contribution in [0.4, 0.5) is 0 Å². The van der Waals surface area contributed by atoms with Crippen molar-refractivity contribution in [3.63, 3.8) is 0 Å². The molecule has 1 N–H and O–H groups in total. The zero-order valence-corrected chi connectivity index (χ0v) is 11.8. The van der Waals surface area contributed by atoms with Crippen LogP contribution < -0.4 is 0 Å². The minimum atomic E-state index is -0.808. The fourth-order valence-corrected chi connectivity index (χ4v) is 4.10. The Hall–Kier alpha value is -0.710. The third-order valence-corrected chi connectivity index (χ3v) is 5.12. The van der Waals surface area contributed by atoms with E-state index in [1.54, 1.807) is 0 Å².